The molecule has 1 aromatic heterocycles. The van der Waals surface area contributed by atoms with Crippen LogP contribution in [0.25, 0.3) is 0 Å². The van der Waals surface area contributed by atoms with Crippen molar-refractivity contribution in [3.8, 4) is 5.75 Å². The van der Waals surface area contributed by atoms with E-state index in [2.05, 4.69) is 48.2 Å². The number of hydrogen-bond acceptors (Lipinski definition) is 5. The first-order valence-corrected chi connectivity index (χ1v) is 10.0. The summed E-state index contributed by atoms with van der Waals surface area (Å²) < 4.78 is 5.57. The first-order valence-electron chi connectivity index (χ1n) is 10.0. The van der Waals surface area contributed by atoms with Crippen LogP contribution in [0.4, 0.5) is 0 Å². The van der Waals surface area contributed by atoms with Crippen LogP contribution in [-0.4, -0.2) is 53.6 Å². The molecule has 1 fully saturated rings. The van der Waals surface area contributed by atoms with Gasteiger partial charge in [0, 0.05) is 55.0 Å². The fourth-order valence-corrected chi connectivity index (χ4v) is 4.24. The third kappa shape index (κ3) is 4.14. The van der Waals surface area contributed by atoms with Crippen LogP contribution in [0.3, 0.4) is 0 Å². The Balaban J connectivity index is 1.38. The van der Waals surface area contributed by atoms with Crippen LogP contribution in [-0.2, 0) is 19.5 Å². The third-order valence-corrected chi connectivity index (χ3v) is 5.93. The Hall–Kier alpha value is -1.98. The molecule has 5 heteroatoms. The van der Waals surface area contributed by atoms with Gasteiger partial charge in [0.2, 0.25) is 0 Å². The van der Waals surface area contributed by atoms with E-state index in [0.29, 0.717) is 5.92 Å². The first-order chi connectivity index (χ1) is 13.1. The summed E-state index contributed by atoms with van der Waals surface area (Å²) in [5.74, 6) is 2.55. The summed E-state index contributed by atoms with van der Waals surface area (Å²) in [6, 6.07) is 6.49. The molecule has 2 aliphatic rings. The molecule has 5 nitrogen and oxygen atoms in total. The molecular weight excluding hydrogens is 336 g/mol. The molecule has 1 saturated heterocycles. The van der Waals surface area contributed by atoms with E-state index in [1.807, 2.05) is 0 Å². The lowest BCUT2D eigenvalue weighted by Crippen LogP contribution is -2.33. The van der Waals surface area contributed by atoms with E-state index in [0.717, 1.165) is 63.6 Å². The van der Waals surface area contributed by atoms with E-state index in [-0.39, 0.29) is 0 Å². The fourth-order valence-electron chi connectivity index (χ4n) is 4.24. The van der Waals surface area contributed by atoms with Gasteiger partial charge < -0.3 is 9.64 Å². The Labute approximate surface area is 162 Å². The summed E-state index contributed by atoms with van der Waals surface area (Å²) in [7, 11) is 3.92. The van der Waals surface area contributed by atoms with E-state index < -0.39 is 0 Å². The molecule has 0 radical (unpaired) electrons. The number of methoxy groups -OCH3 is 1. The van der Waals surface area contributed by atoms with Gasteiger partial charge in [-0.05, 0) is 51.5 Å². The van der Waals surface area contributed by atoms with Crippen molar-refractivity contribution in [2.24, 2.45) is 0 Å². The van der Waals surface area contributed by atoms with Crippen LogP contribution in [0.2, 0.25) is 0 Å². The van der Waals surface area contributed by atoms with Crippen LogP contribution < -0.4 is 4.74 Å². The quantitative estimate of drug-likeness (QED) is 0.831. The maximum Gasteiger partial charge on any atom is 0.131 e. The normalized spacial score (nSPS) is 19.1. The molecular formula is C22H30N4O. The van der Waals surface area contributed by atoms with E-state index in [1.54, 1.807) is 7.11 Å². The van der Waals surface area contributed by atoms with Crippen molar-refractivity contribution >= 4 is 0 Å². The average molecular weight is 367 g/mol. The molecule has 2 aromatic rings. The number of aryl methyl sites for hydroxylation is 1. The average Bonchev–Trinajstić information content (AvgIpc) is 2.69. The Morgan fingerprint density at radius 1 is 1.19 bits per heavy atom. The predicted octanol–water partition coefficient (Wildman–Crippen LogP) is 3.16. The second-order valence-electron chi connectivity index (χ2n) is 8.05. The number of piperidine rings is 1. The number of fused-ring (bicyclic) bond motifs is 1. The number of likely N-dealkylation sites (tertiary alicyclic amines) is 1. The molecule has 27 heavy (non-hydrogen) atoms. The minimum Gasteiger partial charge on any atom is -0.496 e. The summed E-state index contributed by atoms with van der Waals surface area (Å²) in [6.07, 6.45) is 5.38. The molecule has 1 aromatic carbocycles. The zero-order valence-electron chi connectivity index (χ0n) is 16.7. The van der Waals surface area contributed by atoms with Crippen molar-refractivity contribution in [1.29, 1.82) is 0 Å². The number of nitrogens with zero attached hydrogens (tertiary/aromatic N) is 4. The van der Waals surface area contributed by atoms with Gasteiger partial charge in [0.25, 0.3) is 0 Å². The Kier molecular flexibility index (Phi) is 5.41. The van der Waals surface area contributed by atoms with Gasteiger partial charge in [0.05, 0.1) is 7.11 Å². The maximum atomic E-state index is 5.57. The van der Waals surface area contributed by atoms with Gasteiger partial charge in [0.1, 0.15) is 11.6 Å². The van der Waals surface area contributed by atoms with Crippen LogP contribution >= 0.6 is 0 Å². The number of ether oxygens (including phenoxy) is 1. The predicted molar refractivity (Wildman–Crippen MR) is 107 cm³/mol. The molecule has 0 saturated carbocycles. The number of hydrogen-bond donors (Lipinski definition) is 0. The number of benzene rings is 1. The molecule has 144 valence electrons. The van der Waals surface area contributed by atoms with Gasteiger partial charge in [-0.1, -0.05) is 12.1 Å². The van der Waals surface area contributed by atoms with E-state index >= 15 is 0 Å². The van der Waals surface area contributed by atoms with Gasteiger partial charge in [-0.25, -0.2) is 9.97 Å². The van der Waals surface area contributed by atoms with Crippen molar-refractivity contribution in [2.75, 3.05) is 33.8 Å². The maximum absolute atomic E-state index is 5.57. The van der Waals surface area contributed by atoms with Gasteiger partial charge in [-0.2, -0.15) is 0 Å². The summed E-state index contributed by atoms with van der Waals surface area (Å²) in [6.45, 7) is 7.31. The van der Waals surface area contributed by atoms with E-state index in [4.69, 9.17) is 14.7 Å². The summed E-state index contributed by atoms with van der Waals surface area (Å²) in [5.41, 5.74) is 5.09. The minimum atomic E-state index is 0.492. The number of likely N-dealkylation sites (N-methyl/N-ethyl adjacent to an activating group) is 1. The Morgan fingerprint density at radius 2 is 2.00 bits per heavy atom. The molecule has 0 atom stereocenters. The standard InChI is InChI=1S/C22H30N4O/c1-16-4-5-18(21(12-16)27-3)15-26-10-6-17(7-11-26)22-23-13-19-14-25(2)9-8-20(19)24-22/h4-5,12-13,17H,6-11,14-15H2,1-3H3. The lowest BCUT2D eigenvalue weighted by Gasteiger charge is -2.32. The molecule has 0 N–H and O–H groups in total. The van der Waals surface area contributed by atoms with Gasteiger partial charge in [0.15, 0.2) is 0 Å². The highest BCUT2D eigenvalue weighted by molar-refractivity contribution is 5.37. The van der Waals surface area contributed by atoms with Crippen LogP contribution in [0.5, 0.6) is 5.75 Å². The van der Waals surface area contributed by atoms with Crippen molar-refractivity contribution in [3.05, 3.63) is 52.6 Å². The topological polar surface area (TPSA) is 41.5 Å². The van der Waals surface area contributed by atoms with Crippen molar-refractivity contribution in [3.63, 3.8) is 0 Å². The van der Waals surface area contributed by atoms with Gasteiger partial charge in [-0.3, -0.25) is 4.90 Å². The summed E-state index contributed by atoms with van der Waals surface area (Å²) >= 11 is 0. The molecule has 3 heterocycles. The highest BCUT2D eigenvalue weighted by atomic mass is 16.5. The molecule has 0 unspecified atom stereocenters. The summed E-state index contributed by atoms with van der Waals surface area (Å²) in [4.78, 5) is 14.5. The number of rotatable bonds is 4. The molecule has 0 amide bonds. The van der Waals surface area contributed by atoms with E-state index in [1.165, 1.54) is 22.4 Å². The Bertz CT molecular complexity index is 799. The largest absolute Gasteiger partial charge is 0.496 e. The van der Waals surface area contributed by atoms with Crippen LogP contribution in [0.15, 0.2) is 24.4 Å². The lowest BCUT2D eigenvalue weighted by molar-refractivity contribution is 0.199. The van der Waals surface area contributed by atoms with Crippen LogP contribution in [0, 0.1) is 6.92 Å². The molecule has 0 aliphatic carbocycles. The highest BCUT2D eigenvalue weighted by Crippen LogP contribution is 2.29. The fraction of sp³-hybridized carbons (Fsp3) is 0.545. The molecule has 2 aliphatic heterocycles. The third-order valence-electron chi connectivity index (χ3n) is 5.93. The zero-order chi connectivity index (χ0) is 18.8. The molecule has 4 rings (SSSR count). The zero-order valence-corrected chi connectivity index (χ0v) is 16.7. The smallest absolute Gasteiger partial charge is 0.131 e. The second kappa shape index (κ2) is 7.95. The van der Waals surface area contributed by atoms with Crippen LogP contribution in [0.1, 0.15) is 47.0 Å². The minimum absolute atomic E-state index is 0.492. The summed E-state index contributed by atoms with van der Waals surface area (Å²) in [5, 5.41) is 0. The van der Waals surface area contributed by atoms with Gasteiger partial charge in [-0.15, -0.1) is 0 Å². The second-order valence-corrected chi connectivity index (χ2v) is 8.05. The Morgan fingerprint density at radius 3 is 2.78 bits per heavy atom. The lowest BCUT2D eigenvalue weighted by atomic mass is 9.95. The van der Waals surface area contributed by atoms with Crippen molar-refractivity contribution < 1.29 is 4.74 Å². The molecule has 0 bridgehead atoms. The van der Waals surface area contributed by atoms with E-state index in [9.17, 15) is 0 Å². The van der Waals surface area contributed by atoms with Crippen molar-refractivity contribution in [1.82, 2.24) is 19.8 Å². The SMILES string of the molecule is COc1cc(C)ccc1CN1CCC(c2ncc3c(n2)CCN(C)C3)CC1. The monoisotopic (exact) mass is 366 g/mol. The highest BCUT2D eigenvalue weighted by Gasteiger charge is 2.25. The van der Waals surface area contributed by atoms with Gasteiger partial charge >= 0.3 is 0 Å². The number of aromatic nitrogens is 2. The first kappa shape index (κ1) is 18.4. The van der Waals surface area contributed by atoms with Crippen molar-refractivity contribution in [2.45, 2.75) is 45.2 Å². The molecule has 0 spiro atoms.